The second-order valence-electron chi connectivity index (χ2n) is 6.58. The number of halogens is 2. The third kappa shape index (κ3) is 4.46. The molecule has 1 saturated heterocycles. The monoisotopic (exact) mass is 384 g/mol. The van der Waals surface area contributed by atoms with Crippen molar-refractivity contribution in [2.75, 3.05) is 31.6 Å². The van der Waals surface area contributed by atoms with Gasteiger partial charge in [-0.15, -0.1) is 0 Å². The maximum atomic E-state index is 12.5. The van der Waals surface area contributed by atoms with E-state index < -0.39 is 0 Å². The van der Waals surface area contributed by atoms with E-state index in [9.17, 15) is 9.59 Å². The molecule has 2 amide bonds. The molecular formula is C18H22Cl2N2O3. The zero-order valence-electron chi connectivity index (χ0n) is 14.0. The lowest BCUT2D eigenvalue weighted by atomic mass is 9.81. The SMILES string of the molecule is O=C(Nc1cccc(Cl)c1Cl)C1CCC(C(=O)N2CCOCC2)CC1. The van der Waals surface area contributed by atoms with Crippen LogP contribution in [0.5, 0.6) is 0 Å². The van der Waals surface area contributed by atoms with Gasteiger partial charge in [-0.3, -0.25) is 9.59 Å². The zero-order valence-corrected chi connectivity index (χ0v) is 15.5. The average molecular weight is 385 g/mol. The molecule has 0 radical (unpaired) electrons. The number of rotatable bonds is 3. The quantitative estimate of drug-likeness (QED) is 0.865. The molecule has 0 unspecified atom stereocenters. The molecule has 1 heterocycles. The number of nitrogens with zero attached hydrogens (tertiary/aromatic N) is 1. The molecule has 0 atom stereocenters. The van der Waals surface area contributed by atoms with Crippen LogP contribution < -0.4 is 5.32 Å². The van der Waals surface area contributed by atoms with Crippen molar-refractivity contribution in [3.05, 3.63) is 28.2 Å². The average Bonchev–Trinajstić information content (AvgIpc) is 2.65. The van der Waals surface area contributed by atoms with E-state index in [0.717, 1.165) is 12.8 Å². The highest BCUT2D eigenvalue weighted by Gasteiger charge is 2.32. The molecule has 2 aliphatic rings. The molecule has 1 aromatic rings. The van der Waals surface area contributed by atoms with Gasteiger partial charge in [0, 0.05) is 24.9 Å². The number of anilines is 1. The van der Waals surface area contributed by atoms with Gasteiger partial charge < -0.3 is 15.0 Å². The molecule has 136 valence electrons. The lowest BCUT2D eigenvalue weighted by Gasteiger charge is -2.33. The second-order valence-corrected chi connectivity index (χ2v) is 7.36. The Morgan fingerprint density at radius 2 is 1.68 bits per heavy atom. The summed E-state index contributed by atoms with van der Waals surface area (Å²) in [5.74, 6) is 0.0853. The van der Waals surface area contributed by atoms with E-state index in [2.05, 4.69) is 5.32 Å². The van der Waals surface area contributed by atoms with Crippen molar-refractivity contribution in [1.82, 2.24) is 4.90 Å². The minimum absolute atomic E-state index is 0.0249. The van der Waals surface area contributed by atoms with Gasteiger partial charge in [-0.1, -0.05) is 29.3 Å². The van der Waals surface area contributed by atoms with Crippen molar-refractivity contribution in [3.63, 3.8) is 0 Å². The van der Waals surface area contributed by atoms with Crippen molar-refractivity contribution in [3.8, 4) is 0 Å². The number of amides is 2. The van der Waals surface area contributed by atoms with E-state index in [1.165, 1.54) is 0 Å². The van der Waals surface area contributed by atoms with E-state index >= 15 is 0 Å². The van der Waals surface area contributed by atoms with E-state index in [0.29, 0.717) is 54.9 Å². The van der Waals surface area contributed by atoms with Gasteiger partial charge in [-0.25, -0.2) is 0 Å². The molecule has 2 fully saturated rings. The van der Waals surface area contributed by atoms with Crippen LogP contribution in [0.25, 0.3) is 0 Å². The third-order valence-electron chi connectivity index (χ3n) is 4.98. The molecule has 7 heteroatoms. The molecule has 0 bridgehead atoms. The van der Waals surface area contributed by atoms with E-state index in [4.69, 9.17) is 27.9 Å². The van der Waals surface area contributed by atoms with Crippen LogP contribution >= 0.6 is 23.2 Å². The Hall–Kier alpha value is -1.30. The normalized spacial score (nSPS) is 24.0. The Morgan fingerprint density at radius 1 is 1.04 bits per heavy atom. The fourth-order valence-electron chi connectivity index (χ4n) is 3.48. The Labute approximate surface area is 157 Å². The van der Waals surface area contributed by atoms with Crippen LogP contribution in [-0.4, -0.2) is 43.0 Å². The summed E-state index contributed by atoms with van der Waals surface area (Å²) in [7, 11) is 0. The van der Waals surface area contributed by atoms with Gasteiger partial charge in [0.25, 0.3) is 0 Å². The second kappa shape index (κ2) is 8.39. The Balaban J connectivity index is 1.52. The van der Waals surface area contributed by atoms with Crippen LogP contribution in [0.1, 0.15) is 25.7 Å². The molecular weight excluding hydrogens is 363 g/mol. The van der Waals surface area contributed by atoms with Crippen molar-refractivity contribution in [2.45, 2.75) is 25.7 Å². The van der Waals surface area contributed by atoms with Crippen LogP contribution in [0, 0.1) is 11.8 Å². The Morgan fingerprint density at radius 3 is 2.36 bits per heavy atom. The Bertz CT molecular complexity index is 639. The first-order chi connectivity index (χ1) is 12.1. The number of ether oxygens (including phenoxy) is 1. The molecule has 0 aromatic heterocycles. The molecule has 1 aliphatic carbocycles. The van der Waals surface area contributed by atoms with Crippen LogP contribution in [0.4, 0.5) is 5.69 Å². The summed E-state index contributed by atoms with van der Waals surface area (Å²) < 4.78 is 5.29. The largest absolute Gasteiger partial charge is 0.378 e. The number of morpholine rings is 1. The standard InChI is InChI=1S/C18H22Cl2N2O3/c19-14-2-1-3-15(16(14)20)21-17(23)12-4-6-13(7-5-12)18(24)22-8-10-25-11-9-22/h1-3,12-13H,4-11H2,(H,21,23). The Kier molecular flexibility index (Phi) is 6.20. The smallest absolute Gasteiger partial charge is 0.227 e. The predicted octanol–water partition coefficient (Wildman–Crippen LogP) is 3.60. The number of carbonyl (C=O) groups is 2. The summed E-state index contributed by atoms with van der Waals surface area (Å²) in [5, 5.41) is 3.63. The number of nitrogens with one attached hydrogen (secondary N) is 1. The van der Waals surface area contributed by atoms with E-state index in [1.54, 1.807) is 18.2 Å². The van der Waals surface area contributed by atoms with E-state index in [-0.39, 0.29) is 23.7 Å². The number of hydrogen-bond donors (Lipinski definition) is 1. The molecule has 25 heavy (non-hydrogen) atoms. The van der Waals surface area contributed by atoms with Gasteiger partial charge in [0.2, 0.25) is 11.8 Å². The molecule has 1 aromatic carbocycles. The molecule has 1 saturated carbocycles. The summed E-state index contributed by atoms with van der Waals surface area (Å²) in [4.78, 5) is 26.9. The number of benzene rings is 1. The lowest BCUT2D eigenvalue weighted by molar-refractivity contribution is -0.141. The predicted molar refractivity (Wildman–Crippen MR) is 97.9 cm³/mol. The maximum absolute atomic E-state index is 12.5. The third-order valence-corrected chi connectivity index (χ3v) is 5.80. The van der Waals surface area contributed by atoms with Crippen molar-refractivity contribution < 1.29 is 14.3 Å². The minimum Gasteiger partial charge on any atom is -0.378 e. The number of carbonyl (C=O) groups excluding carboxylic acids is 2. The summed E-state index contributed by atoms with van der Waals surface area (Å²) in [6, 6.07) is 5.17. The van der Waals surface area contributed by atoms with Gasteiger partial charge in [-0.05, 0) is 37.8 Å². The maximum Gasteiger partial charge on any atom is 0.227 e. The highest BCUT2D eigenvalue weighted by molar-refractivity contribution is 6.44. The van der Waals surface area contributed by atoms with Gasteiger partial charge in [0.15, 0.2) is 0 Å². The first kappa shape index (κ1) is 18.5. The molecule has 5 nitrogen and oxygen atoms in total. The first-order valence-electron chi connectivity index (χ1n) is 8.67. The van der Waals surface area contributed by atoms with Gasteiger partial charge in [0.1, 0.15) is 0 Å². The van der Waals surface area contributed by atoms with Gasteiger partial charge in [-0.2, -0.15) is 0 Å². The highest BCUT2D eigenvalue weighted by Crippen LogP contribution is 2.33. The zero-order chi connectivity index (χ0) is 17.8. The van der Waals surface area contributed by atoms with Crippen molar-refractivity contribution in [1.29, 1.82) is 0 Å². The summed E-state index contributed by atoms with van der Waals surface area (Å²) in [6.45, 7) is 2.58. The molecule has 1 aliphatic heterocycles. The van der Waals surface area contributed by atoms with Crippen LogP contribution in [0.15, 0.2) is 18.2 Å². The highest BCUT2D eigenvalue weighted by atomic mass is 35.5. The van der Waals surface area contributed by atoms with Crippen molar-refractivity contribution in [2.24, 2.45) is 11.8 Å². The van der Waals surface area contributed by atoms with Crippen LogP contribution in [0.2, 0.25) is 10.0 Å². The number of hydrogen-bond acceptors (Lipinski definition) is 3. The minimum atomic E-state index is -0.0937. The fourth-order valence-corrected chi connectivity index (χ4v) is 3.83. The summed E-state index contributed by atoms with van der Waals surface area (Å²) in [5.41, 5.74) is 0.533. The molecule has 1 N–H and O–H groups in total. The van der Waals surface area contributed by atoms with Crippen LogP contribution in [-0.2, 0) is 14.3 Å². The van der Waals surface area contributed by atoms with Gasteiger partial charge >= 0.3 is 0 Å². The lowest BCUT2D eigenvalue weighted by Crippen LogP contribution is -2.44. The molecule has 3 rings (SSSR count). The first-order valence-corrected chi connectivity index (χ1v) is 9.43. The molecule has 0 spiro atoms. The van der Waals surface area contributed by atoms with Gasteiger partial charge in [0.05, 0.1) is 28.9 Å². The summed E-state index contributed by atoms with van der Waals surface area (Å²) in [6.07, 6.45) is 2.92. The fraction of sp³-hybridized carbons (Fsp3) is 0.556. The topological polar surface area (TPSA) is 58.6 Å². The van der Waals surface area contributed by atoms with Crippen molar-refractivity contribution >= 4 is 40.7 Å². The van der Waals surface area contributed by atoms with Crippen LogP contribution in [0.3, 0.4) is 0 Å². The van der Waals surface area contributed by atoms with E-state index in [1.807, 2.05) is 4.90 Å². The summed E-state index contributed by atoms with van der Waals surface area (Å²) >= 11 is 12.1.